The summed E-state index contributed by atoms with van der Waals surface area (Å²) in [5.74, 6) is -0.305. The van der Waals surface area contributed by atoms with Crippen molar-refractivity contribution in [3.63, 3.8) is 0 Å². The fourth-order valence-electron chi connectivity index (χ4n) is 1.27. The van der Waals surface area contributed by atoms with Crippen molar-refractivity contribution >= 4 is 11.8 Å². The van der Waals surface area contributed by atoms with Crippen LogP contribution in [0.1, 0.15) is 19.8 Å². The Balaban J connectivity index is 2.84. The molecular weight excluding hydrogens is 172 g/mol. The highest BCUT2D eigenvalue weighted by molar-refractivity contribution is 6.19. The van der Waals surface area contributed by atoms with Gasteiger partial charge in [-0.3, -0.25) is 4.79 Å². The number of ether oxygens (including phenoxy) is 2. The molecule has 4 nitrogen and oxygen atoms in total. The third kappa shape index (κ3) is 1.88. The van der Waals surface area contributed by atoms with Crippen molar-refractivity contribution in [1.29, 1.82) is 0 Å². The molecule has 0 bridgehead atoms. The molecule has 0 saturated heterocycles. The number of carbonyl (C=O) groups is 2. The van der Waals surface area contributed by atoms with Gasteiger partial charge in [-0.2, -0.15) is 0 Å². The minimum atomic E-state index is -0.568. The van der Waals surface area contributed by atoms with Gasteiger partial charge in [0.1, 0.15) is 11.3 Å². The fraction of sp³-hybridized carbons (Fsp3) is 0.556. The van der Waals surface area contributed by atoms with Crippen molar-refractivity contribution in [1.82, 2.24) is 0 Å². The average molecular weight is 184 g/mol. The molecule has 1 aliphatic carbocycles. The van der Waals surface area contributed by atoms with E-state index in [0.717, 1.165) is 0 Å². The van der Waals surface area contributed by atoms with E-state index >= 15 is 0 Å². The van der Waals surface area contributed by atoms with E-state index in [1.165, 1.54) is 7.11 Å². The van der Waals surface area contributed by atoms with Crippen LogP contribution in [-0.4, -0.2) is 25.5 Å². The van der Waals surface area contributed by atoms with Gasteiger partial charge < -0.3 is 9.47 Å². The Morgan fingerprint density at radius 3 is 2.69 bits per heavy atom. The van der Waals surface area contributed by atoms with E-state index < -0.39 is 5.97 Å². The Labute approximate surface area is 76.5 Å². The van der Waals surface area contributed by atoms with E-state index in [-0.39, 0.29) is 18.0 Å². The van der Waals surface area contributed by atoms with Crippen LogP contribution in [0.25, 0.3) is 0 Å². The summed E-state index contributed by atoms with van der Waals surface area (Å²) in [6.07, 6.45) is 0.848. The van der Waals surface area contributed by atoms with Crippen LogP contribution in [0.5, 0.6) is 0 Å². The van der Waals surface area contributed by atoms with Crippen LogP contribution in [0.15, 0.2) is 11.3 Å². The largest absolute Gasteiger partial charge is 0.500 e. The Hall–Kier alpha value is -1.32. The highest BCUT2D eigenvalue weighted by Crippen LogP contribution is 2.24. The van der Waals surface area contributed by atoms with Gasteiger partial charge in [-0.15, -0.1) is 0 Å². The molecule has 0 atom stereocenters. The third-order valence-electron chi connectivity index (χ3n) is 1.86. The quantitative estimate of drug-likeness (QED) is 0.481. The number of allylic oxidation sites excluding steroid dienone is 1. The lowest BCUT2D eigenvalue weighted by molar-refractivity contribution is -0.140. The minimum Gasteiger partial charge on any atom is -0.500 e. The summed E-state index contributed by atoms with van der Waals surface area (Å²) in [5.41, 5.74) is 0.0874. The summed E-state index contributed by atoms with van der Waals surface area (Å²) in [4.78, 5) is 22.5. The molecule has 0 amide bonds. The SMILES string of the molecule is CCOC(=O)C1=C(OC)CCC1=O. The molecule has 0 spiro atoms. The lowest BCUT2D eigenvalue weighted by Crippen LogP contribution is -2.13. The van der Waals surface area contributed by atoms with Gasteiger partial charge in [-0.05, 0) is 6.92 Å². The average Bonchev–Trinajstić information content (AvgIpc) is 2.47. The first-order valence-electron chi connectivity index (χ1n) is 4.18. The number of hydrogen-bond acceptors (Lipinski definition) is 4. The summed E-state index contributed by atoms with van der Waals surface area (Å²) < 4.78 is 9.65. The molecule has 0 fully saturated rings. The van der Waals surface area contributed by atoms with Crippen LogP contribution in [0, 0.1) is 0 Å². The zero-order valence-corrected chi connectivity index (χ0v) is 7.75. The van der Waals surface area contributed by atoms with Gasteiger partial charge in [0.15, 0.2) is 5.78 Å². The van der Waals surface area contributed by atoms with Crippen molar-refractivity contribution in [3.8, 4) is 0 Å². The summed E-state index contributed by atoms with van der Waals surface area (Å²) >= 11 is 0. The molecule has 0 N–H and O–H groups in total. The molecule has 0 aliphatic heterocycles. The van der Waals surface area contributed by atoms with Crippen LogP contribution in [0.2, 0.25) is 0 Å². The number of Topliss-reactive ketones (excluding diaryl/α,β-unsaturated/α-hetero) is 1. The standard InChI is InChI=1S/C9H12O4/c1-3-13-9(11)8-6(10)4-5-7(8)12-2/h3-5H2,1-2H3. The number of esters is 1. The van der Waals surface area contributed by atoms with Crippen LogP contribution < -0.4 is 0 Å². The first-order chi connectivity index (χ1) is 6.20. The van der Waals surface area contributed by atoms with Crippen LogP contribution >= 0.6 is 0 Å². The molecule has 1 aliphatic rings. The van der Waals surface area contributed by atoms with Crippen LogP contribution in [0.4, 0.5) is 0 Å². The maximum Gasteiger partial charge on any atom is 0.345 e. The van der Waals surface area contributed by atoms with E-state index in [0.29, 0.717) is 18.6 Å². The smallest absolute Gasteiger partial charge is 0.345 e. The molecule has 0 aromatic heterocycles. The van der Waals surface area contributed by atoms with E-state index in [1.54, 1.807) is 6.92 Å². The second-order valence-corrected chi connectivity index (χ2v) is 2.65. The van der Waals surface area contributed by atoms with E-state index in [1.807, 2.05) is 0 Å². The minimum absolute atomic E-state index is 0.0874. The van der Waals surface area contributed by atoms with Gasteiger partial charge in [-0.1, -0.05) is 0 Å². The first kappa shape index (κ1) is 9.77. The molecule has 13 heavy (non-hydrogen) atoms. The highest BCUT2D eigenvalue weighted by atomic mass is 16.5. The number of ketones is 1. The van der Waals surface area contributed by atoms with E-state index in [4.69, 9.17) is 9.47 Å². The van der Waals surface area contributed by atoms with Crippen molar-refractivity contribution in [2.45, 2.75) is 19.8 Å². The fourth-order valence-corrected chi connectivity index (χ4v) is 1.27. The third-order valence-corrected chi connectivity index (χ3v) is 1.86. The molecule has 0 aromatic rings. The highest BCUT2D eigenvalue weighted by Gasteiger charge is 2.30. The summed E-state index contributed by atoms with van der Waals surface area (Å²) in [5, 5.41) is 0. The Bertz CT molecular complexity index is 265. The van der Waals surface area contributed by atoms with Crippen molar-refractivity contribution < 1.29 is 19.1 Å². The van der Waals surface area contributed by atoms with Gasteiger partial charge in [0.2, 0.25) is 0 Å². The predicted molar refractivity (Wildman–Crippen MR) is 44.9 cm³/mol. The number of rotatable bonds is 3. The second kappa shape index (κ2) is 4.07. The van der Waals surface area contributed by atoms with E-state index in [2.05, 4.69) is 0 Å². The lowest BCUT2D eigenvalue weighted by Gasteiger charge is -2.03. The summed E-state index contributed by atoms with van der Waals surface area (Å²) in [7, 11) is 1.45. The summed E-state index contributed by atoms with van der Waals surface area (Å²) in [6.45, 7) is 1.97. The Kier molecular flexibility index (Phi) is 3.06. The predicted octanol–water partition coefficient (Wildman–Crippen LogP) is 0.813. The number of methoxy groups -OCH3 is 1. The monoisotopic (exact) mass is 184 g/mol. The number of hydrogen-bond donors (Lipinski definition) is 0. The molecule has 0 radical (unpaired) electrons. The van der Waals surface area contributed by atoms with Crippen molar-refractivity contribution in [2.75, 3.05) is 13.7 Å². The lowest BCUT2D eigenvalue weighted by atomic mass is 10.2. The molecule has 0 aromatic carbocycles. The molecule has 0 saturated carbocycles. The zero-order valence-electron chi connectivity index (χ0n) is 7.75. The molecule has 0 heterocycles. The van der Waals surface area contributed by atoms with Gasteiger partial charge >= 0.3 is 5.97 Å². The van der Waals surface area contributed by atoms with Crippen molar-refractivity contribution in [3.05, 3.63) is 11.3 Å². The van der Waals surface area contributed by atoms with Crippen LogP contribution in [-0.2, 0) is 19.1 Å². The second-order valence-electron chi connectivity index (χ2n) is 2.65. The first-order valence-corrected chi connectivity index (χ1v) is 4.18. The van der Waals surface area contributed by atoms with Gasteiger partial charge in [0, 0.05) is 12.8 Å². The molecule has 0 unspecified atom stereocenters. The topological polar surface area (TPSA) is 52.6 Å². The Morgan fingerprint density at radius 2 is 2.15 bits per heavy atom. The van der Waals surface area contributed by atoms with Gasteiger partial charge in [0.05, 0.1) is 13.7 Å². The molecule has 72 valence electrons. The normalized spacial score (nSPS) is 16.3. The van der Waals surface area contributed by atoms with E-state index in [9.17, 15) is 9.59 Å². The van der Waals surface area contributed by atoms with Gasteiger partial charge in [0.25, 0.3) is 0 Å². The molecule has 1 rings (SSSR count). The maximum atomic E-state index is 11.2. The zero-order chi connectivity index (χ0) is 9.84. The Morgan fingerprint density at radius 1 is 1.46 bits per heavy atom. The molecule has 4 heteroatoms. The molecular formula is C9H12O4. The number of carbonyl (C=O) groups excluding carboxylic acids is 2. The van der Waals surface area contributed by atoms with Crippen LogP contribution in [0.3, 0.4) is 0 Å². The van der Waals surface area contributed by atoms with Gasteiger partial charge in [-0.25, -0.2) is 4.79 Å². The van der Waals surface area contributed by atoms with Crippen molar-refractivity contribution in [2.24, 2.45) is 0 Å². The maximum absolute atomic E-state index is 11.2. The summed E-state index contributed by atoms with van der Waals surface area (Å²) in [6, 6.07) is 0.